The third-order valence-corrected chi connectivity index (χ3v) is 2.86. The number of carbonyl (C=O) groups excluding carboxylic acids is 1. The number of rotatable bonds is 4. The van der Waals surface area contributed by atoms with Gasteiger partial charge in [0, 0.05) is 24.3 Å². The van der Waals surface area contributed by atoms with Crippen molar-refractivity contribution in [3.05, 3.63) is 34.2 Å². The smallest absolute Gasteiger partial charge is 0.251 e. The third-order valence-electron chi connectivity index (χ3n) is 2.86. The molecule has 0 aromatic carbocycles. The van der Waals surface area contributed by atoms with Crippen LogP contribution in [0.4, 0.5) is 0 Å². The van der Waals surface area contributed by atoms with Crippen molar-refractivity contribution in [2.75, 3.05) is 0 Å². The van der Waals surface area contributed by atoms with Gasteiger partial charge in [-0.05, 0) is 46.2 Å². The maximum Gasteiger partial charge on any atom is 0.251 e. The molecule has 0 unspecified atom stereocenters. The molecule has 1 heterocycles. The van der Waals surface area contributed by atoms with Crippen molar-refractivity contribution in [1.82, 2.24) is 9.47 Å². The average Bonchev–Trinajstić information content (AvgIpc) is 2.21. The van der Waals surface area contributed by atoms with Crippen LogP contribution in [-0.4, -0.2) is 27.5 Å². The number of hydrogen-bond acceptors (Lipinski definition) is 2. The van der Waals surface area contributed by atoms with Crippen molar-refractivity contribution < 1.29 is 4.79 Å². The van der Waals surface area contributed by atoms with Crippen molar-refractivity contribution >= 4 is 5.91 Å². The summed E-state index contributed by atoms with van der Waals surface area (Å²) in [6.45, 7) is 9.90. The second-order valence-corrected chi connectivity index (χ2v) is 5.16. The second-order valence-electron chi connectivity index (χ2n) is 5.16. The minimum Gasteiger partial charge on any atom is -0.336 e. The van der Waals surface area contributed by atoms with E-state index in [1.54, 1.807) is 17.2 Å². The van der Waals surface area contributed by atoms with E-state index in [1.165, 1.54) is 4.57 Å². The number of amides is 1. The highest BCUT2D eigenvalue weighted by Crippen LogP contribution is 2.06. The van der Waals surface area contributed by atoms with Gasteiger partial charge in [0.2, 0.25) is 5.91 Å². The highest BCUT2D eigenvalue weighted by molar-refractivity contribution is 5.76. The van der Waals surface area contributed by atoms with Crippen molar-refractivity contribution in [3.8, 4) is 0 Å². The van der Waals surface area contributed by atoms with Gasteiger partial charge in [-0.15, -0.1) is 0 Å². The maximum absolute atomic E-state index is 12.2. The minimum atomic E-state index is -0.129. The van der Waals surface area contributed by atoms with Gasteiger partial charge in [-0.2, -0.15) is 0 Å². The molecule has 0 aliphatic rings. The summed E-state index contributed by atoms with van der Waals surface area (Å²) in [5.74, 6) is -0.0223. The summed E-state index contributed by atoms with van der Waals surface area (Å²) in [6.07, 6.45) is 1.68. The standard InChI is InChI=1S/C14H22N2O2/c1-10(2)16(11(3)4)14(18)9-15-7-6-12(5)8-13(15)17/h6-8,10-11H,9H2,1-5H3. The zero-order valence-electron chi connectivity index (χ0n) is 11.8. The molecule has 0 bridgehead atoms. The Balaban J connectivity index is 2.90. The molecule has 1 rings (SSSR count). The first-order valence-electron chi connectivity index (χ1n) is 6.31. The van der Waals surface area contributed by atoms with Gasteiger partial charge in [0.25, 0.3) is 5.56 Å². The molecule has 4 heteroatoms. The first kappa shape index (κ1) is 14.5. The Kier molecular flexibility index (Phi) is 4.70. The van der Waals surface area contributed by atoms with E-state index in [9.17, 15) is 9.59 Å². The fraction of sp³-hybridized carbons (Fsp3) is 0.571. The molecule has 1 aromatic heterocycles. The van der Waals surface area contributed by atoms with Crippen molar-refractivity contribution in [2.45, 2.75) is 53.2 Å². The van der Waals surface area contributed by atoms with E-state index in [2.05, 4.69) is 0 Å². The highest BCUT2D eigenvalue weighted by atomic mass is 16.2. The Morgan fingerprint density at radius 1 is 1.28 bits per heavy atom. The summed E-state index contributed by atoms with van der Waals surface area (Å²) < 4.78 is 1.45. The van der Waals surface area contributed by atoms with Crippen LogP contribution in [0.15, 0.2) is 23.1 Å². The zero-order chi connectivity index (χ0) is 13.9. The molecule has 18 heavy (non-hydrogen) atoms. The van der Waals surface area contributed by atoms with Gasteiger partial charge in [-0.3, -0.25) is 9.59 Å². The molecule has 0 aliphatic heterocycles. The van der Waals surface area contributed by atoms with E-state index in [-0.39, 0.29) is 30.1 Å². The summed E-state index contributed by atoms with van der Waals surface area (Å²) in [6, 6.07) is 3.66. The lowest BCUT2D eigenvalue weighted by Gasteiger charge is -2.31. The van der Waals surface area contributed by atoms with Crippen LogP contribution in [0.5, 0.6) is 0 Å². The van der Waals surface area contributed by atoms with Crippen LogP contribution in [0.25, 0.3) is 0 Å². The SMILES string of the molecule is Cc1ccn(CC(=O)N(C(C)C)C(C)C)c(=O)c1. The molecule has 0 saturated carbocycles. The van der Waals surface area contributed by atoms with Crippen molar-refractivity contribution in [3.63, 3.8) is 0 Å². The van der Waals surface area contributed by atoms with Crippen LogP contribution in [0.2, 0.25) is 0 Å². The van der Waals surface area contributed by atoms with E-state index in [1.807, 2.05) is 40.7 Å². The molecule has 0 aliphatic carbocycles. The van der Waals surface area contributed by atoms with Gasteiger partial charge < -0.3 is 9.47 Å². The molecule has 0 spiro atoms. The lowest BCUT2D eigenvalue weighted by atomic mass is 10.2. The van der Waals surface area contributed by atoms with Crippen LogP contribution >= 0.6 is 0 Å². The fourth-order valence-electron chi connectivity index (χ4n) is 2.14. The maximum atomic E-state index is 12.2. The van der Waals surface area contributed by atoms with E-state index in [0.717, 1.165) is 5.56 Å². The molecule has 100 valence electrons. The van der Waals surface area contributed by atoms with Gasteiger partial charge in [0.1, 0.15) is 6.54 Å². The summed E-state index contributed by atoms with van der Waals surface area (Å²) >= 11 is 0. The molecule has 0 atom stereocenters. The lowest BCUT2D eigenvalue weighted by Crippen LogP contribution is -2.44. The number of aryl methyl sites for hydroxylation is 1. The monoisotopic (exact) mass is 250 g/mol. The van der Waals surface area contributed by atoms with Crippen LogP contribution < -0.4 is 5.56 Å². The molecule has 4 nitrogen and oxygen atoms in total. The number of aromatic nitrogens is 1. The van der Waals surface area contributed by atoms with Gasteiger partial charge in [-0.25, -0.2) is 0 Å². The summed E-state index contributed by atoms with van der Waals surface area (Å²) in [4.78, 5) is 25.7. The predicted octanol–water partition coefficient (Wildman–Crippen LogP) is 1.80. The highest BCUT2D eigenvalue weighted by Gasteiger charge is 2.20. The second kappa shape index (κ2) is 5.85. The molecule has 1 aromatic rings. The quantitative estimate of drug-likeness (QED) is 0.817. The third kappa shape index (κ3) is 3.45. The molecular formula is C14H22N2O2. The van der Waals surface area contributed by atoms with E-state index >= 15 is 0 Å². The Morgan fingerprint density at radius 2 is 1.83 bits per heavy atom. The van der Waals surface area contributed by atoms with Gasteiger partial charge in [0.15, 0.2) is 0 Å². The molecule has 1 amide bonds. The number of pyridine rings is 1. The van der Waals surface area contributed by atoms with Gasteiger partial charge in [0.05, 0.1) is 0 Å². The van der Waals surface area contributed by atoms with Crippen molar-refractivity contribution in [1.29, 1.82) is 0 Å². The van der Waals surface area contributed by atoms with Crippen molar-refractivity contribution in [2.24, 2.45) is 0 Å². The number of nitrogens with zero attached hydrogens (tertiary/aromatic N) is 2. The molecule has 0 radical (unpaired) electrons. The lowest BCUT2D eigenvalue weighted by molar-refractivity contribution is -0.135. The largest absolute Gasteiger partial charge is 0.336 e. The fourth-order valence-corrected chi connectivity index (χ4v) is 2.14. The average molecular weight is 250 g/mol. The summed E-state index contributed by atoms with van der Waals surface area (Å²) in [5, 5.41) is 0. The van der Waals surface area contributed by atoms with Crippen LogP contribution in [0.1, 0.15) is 33.3 Å². The van der Waals surface area contributed by atoms with Gasteiger partial charge in [-0.1, -0.05) is 0 Å². The summed E-state index contributed by atoms with van der Waals surface area (Å²) in [5.41, 5.74) is 0.782. The van der Waals surface area contributed by atoms with E-state index in [4.69, 9.17) is 0 Å². The summed E-state index contributed by atoms with van der Waals surface area (Å²) in [7, 11) is 0. The van der Waals surface area contributed by atoms with E-state index in [0.29, 0.717) is 0 Å². The van der Waals surface area contributed by atoms with E-state index < -0.39 is 0 Å². The molecule has 0 fully saturated rings. The molecule has 0 saturated heterocycles. The minimum absolute atomic E-state index is 0.0223. The predicted molar refractivity (Wildman–Crippen MR) is 72.6 cm³/mol. The first-order chi connectivity index (χ1) is 8.32. The van der Waals surface area contributed by atoms with Crippen LogP contribution in [0.3, 0.4) is 0 Å². The van der Waals surface area contributed by atoms with Gasteiger partial charge >= 0.3 is 0 Å². The normalized spacial score (nSPS) is 11.1. The van der Waals surface area contributed by atoms with Crippen LogP contribution in [0, 0.1) is 6.92 Å². The Morgan fingerprint density at radius 3 is 2.28 bits per heavy atom. The molecule has 0 N–H and O–H groups in total. The molecular weight excluding hydrogens is 228 g/mol. The number of hydrogen-bond donors (Lipinski definition) is 0. The topological polar surface area (TPSA) is 42.3 Å². The Labute approximate surface area is 108 Å². The Bertz CT molecular complexity index is 467. The Hall–Kier alpha value is -1.58. The number of carbonyl (C=O) groups is 1. The van der Waals surface area contributed by atoms with Crippen LogP contribution in [-0.2, 0) is 11.3 Å². The zero-order valence-corrected chi connectivity index (χ0v) is 11.8. The first-order valence-corrected chi connectivity index (χ1v) is 6.31.